The Bertz CT molecular complexity index is 621. The highest BCUT2D eigenvalue weighted by Gasteiger charge is 2.13. The Morgan fingerprint density at radius 2 is 1.80 bits per heavy atom. The average Bonchev–Trinajstić information content (AvgIpc) is 2.44. The molecular weight excluding hydrogens is 271 g/mol. The molecule has 0 fully saturated rings. The number of amides is 1. The van der Waals surface area contributed by atoms with Crippen molar-refractivity contribution in [3.63, 3.8) is 0 Å². The number of pyridine rings is 1. The lowest BCUT2D eigenvalue weighted by Gasteiger charge is -2.06. The minimum absolute atomic E-state index is 0.177. The van der Waals surface area contributed by atoms with E-state index >= 15 is 0 Å². The van der Waals surface area contributed by atoms with Gasteiger partial charge in [-0.05, 0) is 12.1 Å². The zero-order chi connectivity index (χ0) is 14.7. The topological polar surface area (TPSA) is 54.0 Å². The second kappa shape index (κ2) is 5.60. The van der Waals surface area contributed by atoms with Crippen LogP contribution in [0.3, 0.4) is 0 Å². The van der Waals surface area contributed by atoms with Crippen molar-refractivity contribution in [2.45, 2.75) is 0 Å². The fourth-order valence-corrected chi connectivity index (χ4v) is 1.51. The number of hydrogen-bond acceptors (Lipinski definition) is 3. The van der Waals surface area contributed by atoms with Crippen LogP contribution >= 0.6 is 0 Å². The molecule has 4 nitrogen and oxygen atoms in total. The maximum atomic E-state index is 13.0. The van der Waals surface area contributed by atoms with Crippen molar-refractivity contribution >= 4 is 17.4 Å². The van der Waals surface area contributed by atoms with E-state index in [4.69, 9.17) is 0 Å². The van der Waals surface area contributed by atoms with E-state index in [1.165, 1.54) is 12.3 Å². The second-order valence-electron chi connectivity index (χ2n) is 3.89. The maximum Gasteiger partial charge on any atom is 0.257 e. The summed E-state index contributed by atoms with van der Waals surface area (Å²) in [5.41, 5.74) is 0.0261. The summed E-state index contributed by atoms with van der Waals surface area (Å²) in [4.78, 5) is 15.7. The number of nitrogens with one attached hydrogen (secondary N) is 2. The molecule has 0 saturated heterocycles. The fourth-order valence-electron chi connectivity index (χ4n) is 1.51. The van der Waals surface area contributed by atoms with Gasteiger partial charge in [0.05, 0.1) is 5.56 Å². The van der Waals surface area contributed by atoms with Crippen LogP contribution in [0, 0.1) is 17.5 Å². The van der Waals surface area contributed by atoms with Crippen LogP contribution in [-0.2, 0) is 0 Å². The Morgan fingerprint density at radius 1 is 1.15 bits per heavy atom. The van der Waals surface area contributed by atoms with Crippen LogP contribution in [0.2, 0.25) is 0 Å². The van der Waals surface area contributed by atoms with Gasteiger partial charge in [-0.15, -0.1) is 0 Å². The summed E-state index contributed by atoms with van der Waals surface area (Å²) >= 11 is 0. The third kappa shape index (κ3) is 2.87. The molecule has 1 heterocycles. The van der Waals surface area contributed by atoms with Crippen molar-refractivity contribution in [1.29, 1.82) is 0 Å². The molecule has 0 atom stereocenters. The van der Waals surface area contributed by atoms with E-state index in [1.807, 2.05) is 0 Å². The van der Waals surface area contributed by atoms with Gasteiger partial charge < -0.3 is 10.6 Å². The summed E-state index contributed by atoms with van der Waals surface area (Å²) in [7, 11) is 1.67. The van der Waals surface area contributed by atoms with Gasteiger partial charge in [-0.2, -0.15) is 0 Å². The van der Waals surface area contributed by atoms with Crippen molar-refractivity contribution in [2.75, 3.05) is 17.7 Å². The van der Waals surface area contributed by atoms with Crippen LogP contribution in [0.1, 0.15) is 10.4 Å². The quantitative estimate of drug-likeness (QED) is 0.851. The standard InChI is InChI=1S/C13H10F3N3O/c1-17-11-3-2-7(6-18-11)13(20)19-8-4-9(14)12(16)10(15)5-8/h2-6H,1H3,(H,17,18)(H,19,20). The third-order valence-electron chi connectivity index (χ3n) is 2.52. The highest BCUT2D eigenvalue weighted by atomic mass is 19.2. The molecule has 0 spiro atoms. The van der Waals surface area contributed by atoms with Gasteiger partial charge in [0.2, 0.25) is 0 Å². The molecular formula is C13H10F3N3O. The number of nitrogens with zero attached hydrogens (tertiary/aromatic N) is 1. The lowest BCUT2D eigenvalue weighted by Crippen LogP contribution is -2.13. The largest absolute Gasteiger partial charge is 0.373 e. The Balaban J connectivity index is 2.18. The minimum atomic E-state index is -1.58. The molecule has 104 valence electrons. The Hall–Kier alpha value is -2.57. The van der Waals surface area contributed by atoms with Crippen LogP contribution in [-0.4, -0.2) is 17.9 Å². The monoisotopic (exact) mass is 281 g/mol. The number of benzene rings is 1. The average molecular weight is 281 g/mol. The number of halogens is 3. The summed E-state index contributed by atoms with van der Waals surface area (Å²) in [6, 6.07) is 4.46. The van der Waals surface area contributed by atoms with Crippen LogP contribution in [0.25, 0.3) is 0 Å². The first-order chi connectivity index (χ1) is 9.51. The van der Waals surface area contributed by atoms with Gasteiger partial charge in [-0.25, -0.2) is 18.2 Å². The minimum Gasteiger partial charge on any atom is -0.373 e. The summed E-state index contributed by atoms with van der Waals surface area (Å²) in [6.07, 6.45) is 1.30. The summed E-state index contributed by atoms with van der Waals surface area (Å²) < 4.78 is 38.8. The molecule has 2 rings (SSSR count). The molecule has 0 unspecified atom stereocenters. The molecule has 0 bridgehead atoms. The summed E-state index contributed by atoms with van der Waals surface area (Å²) in [6.45, 7) is 0. The number of hydrogen-bond donors (Lipinski definition) is 2. The number of anilines is 2. The Morgan fingerprint density at radius 3 is 2.30 bits per heavy atom. The van der Waals surface area contributed by atoms with Gasteiger partial charge in [0.15, 0.2) is 17.5 Å². The molecule has 0 aliphatic rings. The molecule has 1 aromatic heterocycles. The van der Waals surface area contributed by atoms with E-state index in [9.17, 15) is 18.0 Å². The Labute approximate surface area is 112 Å². The molecule has 0 aliphatic carbocycles. The zero-order valence-corrected chi connectivity index (χ0v) is 10.4. The van der Waals surface area contributed by atoms with Gasteiger partial charge >= 0.3 is 0 Å². The molecule has 7 heteroatoms. The van der Waals surface area contributed by atoms with Crippen molar-refractivity contribution in [3.8, 4) is 0 Å². The molecule has 2 N–H and O–H groups in total. The summed E-state index contributed by atoms with van der Waals surface area (Å²) in [5.74, 6) is -4.36. The van der Waals surface area contributed by atoms with Gasteiger partial charge in [0.25, 0.3) is 5.91 Å². The second-order valence-corrected chi connectivity index (χ2v) is 3.89. The van der Waals surface area contributed by atoms with E-state index in [2.05, 4.69) is 15.6 Å². The van der Waals surface area contributed by atoms with E-state index in [-0.39, 0.29) is 11.3 Å². The van der Waals surface area contributed by atoms with Crippen LogP contribution in [0.4, 0.5) is 24.7 Å². The summed E-state index contributed by atoms with van der Waals surface area (Å²) in [5, 5.41) is 5.04. The lowest BCUT2D eigenvalue weighted by atomic mass is 10.2. The predicted octanol–water partition coefficient (Wildman–Crippen LogP) is 2.79. The molecule has 2 aromatic rings. The van der Waals surface area contributed by atoms with E-state index in [1.54, 1.807) is 13.1 Å². The highest BCUT2D eigenvalue weighted by Crippen LogP contribution is 2.18. The van der Waals surface area contributed by atoms with Gasteiger partial charge in [-0.3, -0.25) is 4.79 Å². The molecule has 1 amide bonds. The molecule has 0 saturated carbocycles. The number of aromatic nitrogens is 1. The van der Waals surface area contributed by atoms with Crippen molar-refractivity contribution in [1.82, 2.24) is 4.98 Å². The molecule has 20 heavy (non-hydrogen) atoms. The zero-order valence-electron chi connectivity index (χ0n) is 10.4. The number of carbonyl (C=O) groups excluding carboxylic acids is 1. The maximum absolute atomic E-state index is 13.0. The van der Waals surface area contributed by atoms with Crippen molar-refractivity contribution in [2.24, 2.45) is 0 Å². The van der Waals surface area contributed by atoms with E-state index in [0.717, 1.165) is 0 Å². The van der Waals surface area contributed by atoms with Crippen molar-refractivity contribution < 1.29 is 18.0 Å². The smallest absolute Gasteiger partial charge is 0.257 e. The first kappa shape index (κ1) is 13.9. The third-order valence-corrected chi connectivity index (χ3v) is 2.52. The van der Waals surface area contributed by atoms with Gasteiger partial charge in [0.1, 0.15) is 5.82 Å². The normalized spacial score (nSPS) is 10.2. The SMILES string of the molecule is CNc1ccc(C(=O)Nc2cc(F)c(F)c(F)c2)cn1. The van der Waals surface area contributed by atoms with Gasteiger partial charge in [-0.1, -0.05) is 0 Å². The van der Waals surface area contributed by atoms with Crippen molar-refractivity contribution in [3.05, 3.63) is 53.5 Å². The molecule has 0 radical (unpaired) electrons. The fraction of sp³-hybridized carbons (Fsp3) is 0.0769. The van der Waals surface area contributed by atoms with E-state index < -0.39 is 23.4 Å². The number of carbonyl (C=O) groups is 1. The Kier molecular flexibility index (Phi) is 3.88. The number of rotatable bonds is 3. The predicted molar refractivity (Wildman–Crippen MR) is 68.1 cm³/mol. The van der Waals surface area contributed by atoms with Crippen LogP contribution in [0.5, 0.6) is 0 Å². The highest BCUT2D eigenvalue weighted by molar-refractivity contribution is 6.04. The first-order valence-electron chi connectivity index (χ1n) is 5.61. The van der Waals surface area contributed by atoms with E-state index in [0.29, 0.717) is 18.0 Å². The molecule has 0 aliphatic heterocycles. The van der Waals surface area contributed by atoms with Gasteiger partial charge in [0, 0.05) is 31.1 Å². The molecule has 1 aromatic carbocycles. The van der Waals surface area contributed by atoms with Crippen LogP contribution < -0.4 is 10.6 Å². The lowest BCUT2D eigenvalue weighted by molar-refractivity contribution is 0.102. The first-order valence-corrected chi connectivity index (χ1v) is 5.61. The van der Waals surface area contributed by atoms with Crippen LogP contribution in [0.15, 0.2) is 30.5 Å².